The van der Waals surface area contributed by atoms with Crippen LogP contribution in [0.25, 0.3) is 0 Å². The third-order valence-electron chi connectivity index (χ3n) is 1.86. The summed E-state index contributed by atoms with van der Waals surface area (Å²) in [6, 6.07) is 0. The first kappa shape index (κ1) is 8.71. The standard InChI is InChI=1S/C7H11BrN2O/c1-4-7(2,3)5-9-10-6(8)11-5/h4H2,1-3H3. The average molecular weight is 219 g/mol. The zero-order chi connectivity index (χ0) is 8.48. The highest BCUT2D eigenvalue weighted by Crippen LogP contribution is 2.26. The van der Waals surface area contributed by atoms with Crippen LogP contribution in [0.2, 0.25) is 0 Å². The lowest BCUT2D eigenvalue weighted by Crippen LogP contribution is -2.15. The van der Waals surface area contributed by atoms with Crippen LogP contribution >= 0.6 is 15.9 Å². The van der Waals surface area contributed by atoms with Gasteiger partial charge in [-0.15, -0.1) is 10.2 Å². The van der Waals surface area contributed by atoms with E-state index in [-0.39, 0.29) is 5.41 Å². The molecule has 1 rings (SSSR count). The summed E-state index contributed by atoms with van der Waals surface area (Å²) in [5.74, 6) is 0.687. The first-order valence-electron chi connectivity index (χ1n) is 3.56. The summed E-state index contributed by atoms with van der Waals surface area (Å²) >= 11 is 3.11. The van der Waals surface area contributed by atoms with E-state index in [1.54, 1.807) is 0 Å². The van der Waals surface area contributed by atoms with Gasteiger partial charge in [-0.1, -0.05) is 20.8 Å². The lowest BCUT2D eigenvalue weighted by atomic mass is 9.90. The fourth-order valence-corrected chi connectivity index (χ4v) is 0.863. The van der Waals surface area contributed by atoms with Gasteiger partial charge in [0.15, 0.2) is 0 Å². The quantitative estimate of drug-likeness (QED) is 0.767. The first-order valence-corrected chi connectivity index (χ1v) is 4.35. The van der Waals surface area contributed by atoms with Crippen LogP contribution in [-0.2, 0) is 5.41 Å². The van der Waals surface area contributed by atoms with Gasteiger partial charge in [0.1, 0.15) is 0 Å². The average Bonchev–Trinajstić information content (AvgIpc) is 2.36. The van der Waals surface area contributed by atoms with E-state index in [9.17, 15) is 0 Å². The van der Waals surface area contributed by atoms with Crippen molar-refractivity contribution in [2.45, 2.75) is 32.6 Å². The summed E-state index contributed by atoms with van der Waals surface area (Å²) in [5, 5.41) is 7.63. The van der Waals surface area contributed by atoms with E-state index in [4.69, 9.17) is 4.42 Å². The lowest BCUT2D eigenvalue weighted by molar-refractivity contribution is 0.351. The van der Waals surface area contributed by atoms with E-state index in [0.717, 1.165) is 6.42 Å². The second-order valence-corrected chi connectivity index (χ2v) is 3.78. The molecule has 0 bridgehead atoms. The van der Waals surface area contributed by atoms with E-state index in [1.807, 2.05) is 0 Å². The molecule has 0 fully saturated rings. The predicted octanol–water partition coefficient (Wildman–Crippen LogP) is 2.52. The molecule has 0 aliphatic heterocycles. The van der Waals surface area contributed by atoms with E-state index in [2.05, 4.69) is 46.9 Å². The van der Waals surface area contributed by atoms with Gasteiger partial charge in [0.2, 0.25) is 5.89 Å². The molecular formula is C7H11BrN2O. The van der Waals surface area contributed by atoms with Crippen LogP contribution in [0.1, 0.15) is 33.1 Å². The molecule has 0 amide bonds. The van der Waals surface area contributed by atoms with Gasteiger partial charge in [0.05, 0.1) is 0 Å². The predicted molar refractivity (Wildman–Crippen MR) is 45.3 cm³/mol. The monoisotopic (exact) mass is 218 g/mol. The molecule has 1 heterocycles. The topological polar surface area (TPSA) is 38.9 Å². The van der Waals surface area contributed by atoms with Crippen molar-refractivity contribution in [3.05, 3.63) is 10.7 Å². The third-order valence-corrected chi connectivity index (χ3v) is 2.18. The Morgan fingerprint density at radius 1 is 1.45 bits per heavy atom. The molecule has 0 saturated carbocycles. The Balaban J connectivity index is 2.92. The molecule has 3 nitrogen and oxygen atoms in total. The summed E-state index contributed by atoms with van der Waals surface area (Å²) in [6.07, 6.45) is 0.988. The molecule has 0 radical (unpaired) electrons. The molecule has 0 unspecified atom stereocenters. The van der Waals surface area contributed by atoms with Crippen LogP contribution in [0, 0.1) is 0 Å². The van der Waals surface area contributed by atoms with Crippen LogP contribution in [-0.4, -0.2) is 10.2 Å². The SMILES string of the molecule is CCC(C)(C)c1nnc(Br)o1. The van der Waals surface area contributed by atoms with Crippen LogP contribution in [0.3, 0.4) is 0 Å². The smallest absolute Gasteiger partial charge is 0.284 e. The van der Waals surface area contributed by atoms with Crippen LogP contribution in [0.4, 0.5) is 0 Å². The molecule has 0 aliphatic rings. The molecule has 0 saturated heterocycles. The fraction of sp³-hybridized carbons (Fsp3) is 0.714. The minimum atomic E-state index is -0.0149. The summed E-state index contributed by atoms with van der Waals surface area (Å²) in [6.45, 7) is 6.25. The Kier molecular flexibility index (Phi) is 2.32. The van der Waals surface area contributed by atoms with Gasteiger partial charge in [-0.25, -0.2) is 0 Å². The van der Waals surface area contributed by atoms with E-state index in [0.29, 0.717) is 10.7 Å². The van der Waals surface area contributed by atoms with Crippen LogP contribution < -0.4 is 0 Å². The highest BCUT2D eigenvalue weighted by atomic mass is 79.9. The van der Waals surface area contributed by atoms with E-state index >= 15 is 0 Å². The molecule has 62 valence electrons. The summed E-state index contributed by atoms with van der Waals surface area (Å²) < 4.78 is 5.23. The maximum atomic E-state index is 5.23. The summed E-state index contributed by atoms with van der Waals surface area (Å²) in [7, 11) is 0. The number of halogens is 1. The summed E-state index contributed by atoms with van der Waals surface area (Å²) in [4.78, 5) is 0.453. The molecule has 1 aromatic rings. The number of nitrogens with zero attached hydrogens (tertiary/aromatic N) is 2. The Bertz CT molecular complexity index is 244. The second kappa shape index (κ2) is 2.93. The minimum Gasteiger partial charge on any atom is -0.415 e. The molecule has 0 N–H and O–H groups in total. The van der Waals surface area contributed by atoms with Gasteiger partial charge < -0.3 is 4.42 Å². The molecule has 0 atom stereocenters. The molecular weight excluding hydrogens is 208 g/mol. The fourth-order valence-electron chi connectivity index (χ4n) is 0.630. The van der Waals surface area contributed by atoms with Crippen molar-refractivity contribution in [3.8, 4) is 0 Å². The van der Waals surface area contributed by atoms with Crippen LogP contribution in [0.5, 0.6) is 0 Å². The van der Waals surface area contributed by atoms with Crippen molar-refractivity contribution in [3.63, 3.8) is 0 Å². The Morgan fingerprint density at radius 3 is 2.45 bits per heavy atom. The van der Waals surface area contributed by atoms with Crippen molar-refractivity contribution >= 4 is 15.9 Å². The maximum absolute atomic E-state index is 5.23. The molecule has 0 aliphatic carbocycles. The highest BCUT2D eigenvalue weighted by molar-refractivity contribution is 9.10. The Labute approximate surface area is 74.3 Å². The second-order valence-electron chi connectivity index (χ2n) is 3.10. The highest BCUT2D eigenvalue weighted by Gasteiger charge is 2.24. The van der Waals surface area contributed by atoms with Gasteiger partial charge in [-0.3, -0.25) is 0 Å². The lowest BCUT2D eigenvalue weighted by Gasteiger charge is -2.16. The molecule has 0 aromatic carbocycles. The summed E-state index contributed by atoms with van der Waals surface area (Å²) in [5.41, 5.74) is -0.0149. The van der Waals surface area contributed by atoms with Gasteiger partial charge in [-0.2, -0.15) is 0 Å². The minimum absolute atomic E-state index is 0.0149. The number of rotatable bonds is 2. The normalized spacial score (nSPS) is 12.0. The third kappa shape index (κ3) is 1.80. The van der Waals surface area contributed by atoms with Crippen molar-refractivity contribution in [1.29, 1.82) is 0 Å². The number of aromatic nitrogens is 2. The first-order chi connectivity index (χ1) is 5.06. The zero-order valence-corrected chi connectivity index (χ0v) is 8.47. The van der Waals surface area contributed by atoms with Gasteiger partial charge in [0.25, 0.3) is 4.80 Å². The van der Waals surface area contributed by atoms with Gasteiger partial charge in [-0.05, 0) is 6.42 Å². The molecule has 1 aromatic heterocycles. The Hall–Kier alpha value is -0.380. The maximum Gasteiger partial charge on any atom is 0.284 e. The molecule has 11 heavy (non-hydrogen) atoms. The van der Waals surface area contributed by atoms with Crippen LogP contribution in [0.15, 0.2) is 9.22 Å². The Morgan fingerprint density at radius 2 is 2.09 bits per heavy atom. The van der Waals surface area contributed by atoms with Crippen molar-refractivity contribution < 1.29 is 4.42 Å². The van der Waals surface area contributed by atoms with E-state index < -0.39 is 0 Å². The van der Waals surface area contributed by atoms with E-state index in [1.165, 1.54) is 0 Å². The largest absolute Gasteiger partial charge is 0.415 e. The zero-order valence-electron chi connectivity index (χ0n) is 6.89. The molecule has 4 heteroatoms. The van der Waals surface area contributed by atoms with Crippen molar-refractivity contribution in [2.75, 3.05) is 0 Å². The number of hydrogen-bond acceptors (Lipinski definition) is 3. The van der Waals surface area contributed by atoms with Gasteiger partial charge in [0, 0.05) is 21.3 Å². The van der Waals surface area contributed by atoms with Crippen molar-refractivity contribution in [1.82, 2.24) is 10.2 Å². The van der Waals surface area contributed by atoms with Crippen molar-refractivity contribution in [2.24, 2.45) is 0 Å². The van der Waals surface area contributed by atoms with Gasteiger partial charge >= 0.3 is 0 Å². The number of hydrogen-bond donors (Lipinski definition) is 0. The molecule has 0 spiro atoms.